The molecule has 0 radical (unpaired) electrons. The van der Waals surface area contributed by atoms with Gasteiger partial charge in [0.25, 0.3) is 0 Å². The number of hydrogen-bond donors (Lipinski definition) is 1. The number of carbonyl (C=O) groups excluding carboxylic acids is 1. The predicted octanol–water partition coefficient (Wildman–Crippen LogP) is 5.39. The van der Waals surface area contributed by atoms with E-state index in [1.165, 1.54) is 23.5 Å². The lowest BCUT2D eigenvalue weighted by Gasteiger charge is -2.25. The van der Waals surface area contributed by atoms with Gasteiger partial charge in [0.1, 0.15) is 0 Å². The molecule has 0 atom stereocenters. The van der Waals surface area contributed by atoms with Gasteiger partial charge in [0.15, 0.2) is 5.13 Å². The quantitative estimate of drug-likeness (QED) is 0.375. The molecule has 36 heavy (non-hydrogen) atoms. The van der Waals surface area contributed by atoms with Crippen molar-refractivity contribution < 1.29 is 22.7 Å². The van der Waals surface area contributed by atoms with Crippen LogP contribution in [0.2, 0.25) is 0 Å². The van der Waals surface area contributed by atoms with Crippen LogP contribution in [0.1, 0.15) is 16.8 Å². The van der Waals surface area contributed by atoms with Gasteiger partial charge in [-0.3, -0.25) is 9.69 Å². The fourth-order valence-electron chi connectivity index (χ4n) is 4.22. The van der Waals surface area contributed by atoms with Crippen molar-refractivity contribution in [3.63, 3.8) is 0 Å². The van der Waals surface area contributed by atoms with Crippen LogP contribution in [-0.4, -0.2) is 47.1 Å². The van der Waals surface area contributed by atoms with Gasteiger partial charge in [-0.2, -0.15) is 13.2 Å². The summed E-state index contributed by atoms with van der Waals surface area (Å²) in [6.45, 7) is 3.81. The molecule has 0 spiro atoms. The van der Waals surface area contributed by atoms with Gasteiger partial charge in [-0.25, -0.2) is 9.97 Å². The first-order chi connectivity index (χ1) is 17.4. The van der Waals surface area contributed by atoms with Gasteiger partial charge < -0.3 is 10.1 Å². The number of benzene rings is 2. The highest BCUT2D eigenvalue weighted by molar-refractivity contribution is 7.13. The van der Waals surface area contributed by atoms with E-state index in [2.05, 4.69) is 20.2 Å². The molecular weight excluding hydrogens is 489 g/mol. The summed E-state index contributed by atoms with van der Waals surface area (Å²) in [4.78, 5) is 24.1. The van der Waals surface area contributed by atoms with Crippen LogP contribution in [0.5, 0.6) is 0 Å². The summed E-state index contributed by atoms with van der Waals surface area (Å²) in [6, 6.07) is 14.0. The standard InChI is InChI=1S/C26H23F3N4O2S/c27-26(28,29)21-7-2-1-6-20(21)22-9-8-17-4-3-5-18(24(17)31-22)14-23(34)32-25-30-19(16-36-25)15-33-10-12-35-13-11-33/h1-9,16H,10-15H2,(H,30,32,34). The number of anilines is 1. The maximum absolute atomic E-state index is 13.5. The second kappa shape index (κ2) is 10.3. The average molecular weight is 513 g/mol. The van der Waals surface area contributed by atoms with Crippen molar-refractivity contribution in [2.75, 3.05) is 31.6 Å². The molecule has 0 unspecified atom stereocenters. The van der Waals surface area contributed by atoms with Crippen molar-refractivity contribution in [3.05, 3.63) is 76.8 Å². The number of rotatable bonds is 6. The van der Waals surface area contributed by atoms with Crippen molar-refractivity contribution >= 4 is 33.3 Å². The fourth-order valence-corrected chi connectivity index (χ4v) is 4.93. The molecule has 2 aromatic carbocycles. The van der Waals surface area contributed by atoms with Crippen LogP contribution in [0.15, 0.2) is 60.0 Å². The third-order valence-electron chi connectivity index (χ3n) is 5.95. The SMILES string of the molecule is O=C(Cc1cccc2ccc(-c3ccccc3C(F)(F)F)nc12)Nc1nc(CN2CCOCC2)cs1. The zero-order chi connectivity index (χ0) is 25.1. The van der Waals surface area contributed by atoms with E-state index >= 15 is 0 Å². The van der Waals surface area contributed by atoms with Crippen molar-refractivity contribution in [2.45, 2.75) is 19.1 Å². The number of amides is 1. The molecule has 4 aromatic rings. The lowest BCUT2D eigenvalue weighted by Crippen LogP contribution is -2.35. The summed E-state index contributed by atoms with van der Waals surface area (Å²) in [6.07, 6.45) is -4.48. The van der Waals surface area contributed by atoms with Gasteiger partial charge >= 0.3 is 6.18 Å². The normalized spacial score (nSPS) is 14.8. The van der Waals surface area contributed by atoms with Crippen LogP contribution in [0.25, 0.3) is 22.2 Å². The molecular formula is C26H23F3N4O2S. The Labute approximate surface area is 209 Å². The molecule has 0 aliphatic carbocycles. The number of para-hydroxylation sites is 1. The lowest BCUT2D eigenvalue weighted by molar-refractivity contribution is -0.137. The first kappa shape index (κ1) is 24.4. The Bertz CT molecular complexity index is 1380. The predicted molar refractivity (Wildman–Crippen MR) is 133 cm³/mol. The van der Waals surface area contributed by atoms with Crippen molar-refractivity contribution in [1.82, 2.24) is 14.9 Å². The van der Waals surface area contributed by atoms with Crippen LogP contribution >= 0.6 is 11.3 Å². The molecule has 3 heterocycles. The summed E-state index contributed by atoms with van der Waals surface area (Å²) in [5.74, 6) is -0.266. The summed E-state index contributed by atoms with van der Waals surface area (Å²) >= 11 is 1.36. The Morgan fingerprint density at radius 3 is 2.64 bits per heavy atom. The van der Waals surface area contributed by atoms with E-state index in [9.17, 15) is 18.0 Å². The van der Waals surface area contributed by atoms with E-state index in [-0.39, 0.29) is 23.6 Å². The van der Waals surface area contributed by atoms with E-state index in [4.69, 9.17) is 4.74 Å². The van der Waals surface area contributed by atoms with Crippen LogP contribution in [0, 0.1) is 0 Å². The summed E-state index contributed by atoms with van der Waals surface area (Å²) < 4.78 is 46.0. The number of morpholine rings is 1. The number of nitrogens with one attached hydrogen (secondary N) is 1. The number of hydrogen-bond acceptors (Lipinski definition) is 6. The zero-order valence-corrected chi connectivity index (χ0v) is 20.0. The number of ether oxygens (including phenoxy) is 1. The second-order valence-electron chi connectivity index (χ2n) is 8.49. The van der Waals surface area contributed by atoms with E-state index < -0.39 is 11.7 Å². The minimum Gasteiger partial charge on any atom is -0.379 e. The van der Waals surface area contributed by atoms with Crippen molar-refractivity contribution in [2.24, 2.45) is 0 Å². The number of alkyl halides is 3. The Morgan fingerprint density at radius 1 is 1.03 bits per heavy atom. The monoisotopic (exact) mass is 512 g/mol. The molecule has 186 valence electrons. The van der Waals surface area contributed by atoms with Gasteiger partial charge in [-0.15, -0.1) is 11.3 Å². The Kier molecular flexibility index (Phi) is 6.99. The molecule has 1 N–H and O–H groups in total. The van der Waals surface area contributed by atoms with Crippen molar-refractivity contribution in [1.29, 1.82) is 0 Å². The van der Waals surface area contributed by atoms with E-state index in [1.807, 2.05) is 11.4 Å². The number of thiazole rings is 1. The Morgan fingerprint density at radius 2 is 1.83 bits per heavy atom. The summed E-state index contributed by atoms with van der Waals surface area (Å²) in [5.41, 5.74) is 1.47. The first-order valence-electron chi connectivity index (χ1n) is 11.5. The molecule has 0 bridgehead atoms. The smallest absolute Gasteiger partial charge is 0.379 e. The molecule has 5 rings (SSSR count). The first-order valence-corrected chi connectivity index (χ1v) is 12.3. The highest BCUT2D eigenvalue weighted by atomic mass is 32.1. The lowest BCUT2D eigenvalue weighted by atomic mass is 10.0. The van der Waals surface area contributed by atoms with Gasteiger partial charge in [-0.1, -0.05) is 42.5 Å². The molecule has 1 aliphatic rings. The van der Waals surface area contributed by atoms with E-state index in [0.29, 0.717) is 36.0 Å². The molecule has 10 heteroatoms. The van der Waals surface area contributed by atoms with Crippen LogP contribution in [0.3, 0.4) is 0 Å². The van der Waals surface area contributed by atoms with Gasteiger partial charge in [-0.05, 0) is 17.7 Å². The third-order valence-corrected chi connectivity index (χ3v) is 6.76. The molecule has 2 aromatic heterocycles. The van der Waals surface area contributed by atoms with Gasteiger partial charge in [0.05, 0.1) is 42.1 Å². The molecule has 1 fully saturated rings. The summed E-state index contributed by atoms with van der Waals surface area (Å²) in [5, 5.41) is 6.02. The summed E-state index contributed by atoms with van der Waals surface area (Å²) in [7, 11) is 0. The largest absolute Gasteiger partial charge is 0.417 e. The molecule has 0 saturated carbocycles. The highest BCUT2D eigenvalue weighted by Crippen LogP contribution is 2.37. The van der Waals surface area contributed by atoms with Gasteiger partial charge in [0.2, 0.25) is 5.91 Å². The minimum absolute atomic E-state index is 0.00161. The highest BCUT2D eigenvalue weighted by Gasteiger charge is 2.33. The van der Waals surface area contributed by atoms with Crippen LogP contribution in [0.4, 0.5) is 18.3 Å². The molecule has 1 amide bonds. The molecule has 6 nitrogen and oxygen atoms in total. The third kappa shape index (κ3) is 5.56. The number of halogens is 3. The van der Waals surface area contributed by atoms with Crippen LogP contribution in [-0.2, 0) is 28.7 Å². The van der Waals surface area contributed by atoms with Gasteiger partial charge in [0, 0.05) is 36.0 Å². The van der Waals surface area contributed by atoms with E-state index in [1.54, 1.807) is 30.3 Å². The Hall–Kier alpha value is -3.34. The second-order valence-corrected chi connectivity index (χ2v) is 9.34. The topological polar surface area (TPSA) is 67.4 Å². The molecule has 1 aliphatic heterocycles. The number of nitrogens with zero attached hydrogens (tertiary/aromatic N) is 3. The number of fused-ring (bicyclic) bond motifs is 1. The number of carbonyl (C=O) groups is 1. The average Bonchev–Trinajstić information content (AvgIpc) is 3.30. The van der Waals surface area contributed by atoms with Crippen molar-refractivity contribution in [3.8, 4) is 11.3 Å². The maximum Gasteiger partial charge on any atom is 0.417 e. The molecule has 1 saturated heterocycles. The Balaban J connectivity index is 1.34. The fraction of sp³-hybridized carbons (Fsp3) is 0.269. The number of aromatic nitrogens is 2. The van der Waals surface area contributed by atoms with Crippen LogP contribution < -0.4 is 5.32 Å². The number of pyridine rings is 1. The van der Waals surface area contributed by atoms with E-state index in [0.717, 1.165) is 30.2 Å². The minimum atomic E-state index is -4.50. The maximum atomic E-state index is 13.5. The zero-order valence-electron chi connectivity index (χ0n) is 19.2.